The second kappa shape index (κ2) is 12.8. The van der Waals surface area contributed by atoms with Crippen molar-refractivity contribution in [2.24, 2.45) is 11.8 Å². The number of alkyl halides is 3. The number of sulfonamides is 1. The molecule has 0 aromatic heterocycles. The summed E-state index contributed by atoms with van der Waals surface area (Å²) in [6.45, 7) is 3.52. The van der Waals surface area contributed by atoms with Crippen LogP contribution in [0.25, 0.3) is 11.1 Å². The molecule has 2 aromatic rings. The summed E-state index contributed by atoms with van der Waals surface area (Å²) < 4.78 is 65.1. The molecule has 11 nitrogen and oxygen atoms in total. The average molecular weight is 628 g/mol. The number of nitrogens with zero attached hydrogens (tertiary/aromatic N) is 2. The molecular formula is C28H32F3N3O8S. The van der Waals surface area contributed by atoms with Gasteiger partial charge in [-0.1, -0.05) is 56.3 Å². The number of carbonyl (C=O) groups excluding carboxylic acids is 3. The third kappa shape index (κ3) is 6.43. The number of hydrogen-bond donors (Lipinski definition) is 2. The summed E-state index contributed by atoms with van der Waals surface area (Å²) in [5.74, 6) is -6.11. The molecule has 0 aliphatic carbocycles. The molecule has 0 saturated carbocycles. The SMILES string of the molecule is CCN(C[C@H]1N[C@@](CC)(C(=O)OC)[C@H]2C(=O)N(C)C(=O)[C@@H]12)S(=O)(=O)c1ccc(-c2ccccc2)cc1.O=C(O)C(F)(F)F. The molecule has 2 saturated heterocycles. The van der Waals surface area contributed by atoms with Crippen LogP contribution < -0.4 is 5.32 Å². The maximum Gasteiger partial charge on any atom is 0.490 e. The van der Waals surface area contributed by atoms with Gasteiger partial charge in [0.05, 0.1) is 23.8 Å². The molecule has 4 atom stereocenters. The summed E-state index contributed by atoms with van der Waals surface area (Å²) in [4.78, 5) is 48.9. The highest BCUT2D eigenvalue weighted by Gasteiger charge is 2.67. The van der Waals surface area contributed by atoms with Crippen LogP contribution in [0, 0.1) is 11.8 Å². The number of aliphatic carboxylic acids is 1. The van der Waals surface area contributed by atoms with Crippen molar-refractivity contribution in [3.05, 3.63) is 54.6 Å². The van der Waals surface area contributed by atoms with Crippen molar-refractivity contribution in [1.29, 1.82) is 0 Å². The largest absolute Gasteiger partial charge is 0.490 e. The molecule has 15 heteroatoms. The van der Waals surface area contributed by atoms with Gasteiger partial charge in [-0.2, -0.15) is 17.5 Å². The first-order chi connectivity index (χ1) is 20.1. The first kappa shape index (κ1) is 33.7. The summed E-state index contributed by atoms with van der Waals surface area (Å²) in [6.07, 6.45) is -4.87. The fraction of sp³-hybridized carbons (Fsp3) is 0.429. The Labute approximate surface area is 246 Å². The number of methoxy groups -OCH3 is 1. The minimum atomic E-state index is -5.08. The van der Waals surface area contributed by atoms with Gasteiger partial charge in [0.15, 0.2) is 0 Å². The number of likely N-dealkylation sites (tertiary alicyclic amines) is 1. The number of imide groups is 1. The van der Waals surface area contributed by atoms with Crippen LogP contribution in [0.15, 0.2) is 59.5 Å². The minimum absolute atomic E-state index is 0.0773. The van der Waals surface area contributed by atoms with Gasteiger partial charge in [-0.3, -0.25) is 24.6 Å². The smallest absolute Gasteiger partial charge is 0.475 e. The van der Waals surface area contributed by atoms with Crippen molar-refractivity contribution >= 4 is 33.8 Å². The second-order valence-corrected chi connectivity index (χ2v) is 11.9. The Bertz CT molecular complexity index is 1470. The molecule has 2 heterocycles. The van der Waals surface area contributed by atoms with E-state index in [9.17, 15) is 36.0 Å². The van der Waals surface area contributed by atoms with Gasteiger partial charge in [-0.15, -0.1) is 0 Å². The molecule has 2 aromatic carbocycles. The van der Waals surface area contributed by atoms with E-state index >= 15 is 0 Å². The predicted molar refractivity (Wildman–Crippen MR) is 147 cm³/mol. The van der Waals surface area contributed by atoms with Gasteiger partial charge >= 0.3 is 18.1 Å². The van der Waals surface area contributed by atoms with E-state index in [1.165, 1.54) is 18.5 Å². The zero-order valence-electron chi connectivity index (χ0n) is 23.8. The highest BCUT2D eigenvalue weighted by atomic mass is 32.2. The maximum absolute atomic E-state index is 13.6. The lowest BCUT2D eigenvalue weighted by Gasteiger charge is -2.31. The van der Waals surface area contributed by atoms with Crippen LogP contribution in [0.5, 0.6) is 0 Å². The molecule has 0 radical (unpaired) electrons. The molecule has 234 valence electrons. The number of amides is 2. The molecule has 4 rings (SSSR count). The molecule has 0 bridgehead atoms. The van der Waals surface area contributed by atoms with E-state index < -0.39 is 63.4 Å². The normalized spacial score (nSPS) is 23.5. The highest BCUT2D eigenvalue weighted by molar-refractivity contribution is 7.89. The Balaban J connectivity index is 0.000000646. The molecule has 43 heavy (non-hydrogen) atoms. The standard InChI is InChI=1S/C26H31N3O6S.C2HF3O2/c1-5-26(25(32)35-4)22-21(23(30)28(3)24(22)31)20(27-26)16-29(6-2)36(33,34)19-14-12-18(13-15-19)17-10-8-7-9-11-17;3-2(4,5)1(6)7/h7-15,20-22,27H,5-6,16H2,1-4H3;(H,6,7)/t20-,21+,22-,26-;/m1./s1. The molecule has 2 aliphatic heterocycles. The molecule has 2 fully saturated rings. The van der Waals surface area contributed by atoms with E-state index in [-0.39, 0.29) is 24.4 Å². The summed E-state index contributed by atoms with van der Waals surface area (Å²) in [5, 5.41) is 10.3. The number of fused-ring (bicyclic) bond motifs is 1. The van der Waals surface area contributed by atoms with Crippen molar-refractivity contribution in [1.82, 2.24) is 14.5 Å². The van der Waals surface area contributed by atoms with E-state index in [4.69, 9.17) is 14.6 Å². The Hall–Kier alpha value is -3.82. The topological polar surface area (TPSA) is 150 Å². The van der Waals surface area contributed by atoms with Gasteiger partial charge in [0.25, 0.3) is 0 Å². The van der Waals surface area contributed by atoms with E-state index in [0.717, 1.165) is 16.0 Å². The number of likely N-dealkylation sites (N-methyl/N-ethyl adjacent to an activating group) is 1. The van der Waals surface area contributed by atoms with Crippen molar-refractivity contribution in [3.8, 4) is 11.1 Å². The lowest BCUT2D eigenvalue weighted by atomic mass is 9.78. The number of carbonyl (C=O) groups is 4. The first-order valence-electron chi connectivity index (χ1n) is 13.2. The minimum Gasteiger partial charge on any atom is -0.475 e. The number of carboxylic acid groups (broad SMARTS) is 1. The van der Waals surface area contributed by atoms with Crippen LogP contribution in [0.3, 0.4) is 0 Å². The fourth-order valence-electron chi connectivity index (χ4n) is 5.48. The van der Waals surface area contributed by atoms with Gasteiger partial charge < -0.3 is 9.84 Å². The number of rotatable bonds is 8. The Kier molecular flexibility index (Phi) is 10.0. The van der Waals surface area contributed by atoms with E-state index in [2.05, 4.69) is 5.32 Å². The van der Waals surface area contributed by atoms with Gasteiger partial charge in [-0.25, -0.2) is 13.2 Å². The van der Waals surface area contributed by atoms with Gasteiger partial charge in [0.1, 0.15) is 5.54 Å². The summed E-state index contributed by atoms with van der Waals surface area (Å²) in [6, 6.07) is 15.5. The zero-order chi connectivity index (χ0) is 32.3. The molecule has 2 amide bonds. The van der Waals surface area contributed by atoms with Crippen molar-refractivity contribution in [2.75, 3.05) is 27.2 Å². The lowest BCUT2D eigenvalue weighted by molar-refractivity contribution is -0.192. The van der Waals surface area contributed by atoms with Gasteiger partial charge in [-0.05, 0) is 29.7 Å². The number of halogens is 3. The number of esters is 1. The van der Waals surface area contributed by atoms with Crippen LogP contribution in [0.4, 0.5) is 13.2 Å². The van der Waals surface area contributed by atoms with Crippen LogP contribution in [-0.2, 0) is 33.9 Å². The summed E-state index contributed by atoms with van der Waals surface area (Å²) >= 11 is 0. The third-order valence-corrected chi connectivity index (χ3v) is 9.64. The van der Waals surface area contributed by atoms with Crippen molar-refractivity contribution in [2.45, 2.75) is 42.9 Å². The quantitative estimate of drug-likeness (QED) is 0.333. The Morgan fingerprint density at radius 3 is 2.02 bits per heavy atom. The highest BCUT2D eigenvalue weighted by Crippen LogP contribution is 2.45. The summed E-state index contributed by atoms with van der Waals surface area (Å²) in [7, 11) is -1.29. The van der Waals surface area contributed by atoms with Gasteiger partial charge in [0, 0.05) is 26.2 Å². The van der Waals surface area contributed by atoms with Crippen LogP contribution in [-0.4, -0.2) is 91.5 Å². The number of nitrogens with one attached hydrogen (secondary N) is 1. The molecular weight excluding hydrogens is 595 g/mol. The fourth-order valence-corrected chi connectivity index (χ4v) is 6.95. The Morgan fingerprint density at radius 2 is 1.56 bits per heavy atom. The summed E-state index contributed by atoms with van der Waals surface area (Å²) in [5.41, 5.74) is 0.464. The van der Waals surface area contributed by atoms with E-state index in [1.807, 2.05) is 30.3 Å². The number of hydrogen-bond acceptors (Lipinski definition) is 8. The van der Waals surface area contributed by atoms with E-state index in [0.29, 0.717) is 0 Å². The van der Waals surface area contributed by atoms with E-state index in [1.54, 1.807) is 38.1 Å². The van der Waals surface area contributed by atoms with Crippen molar-refractivity contribution in [3.63, 3.8) is 0 Å². The third-order valence-electron chi connectivity index (χ3n) is 7.68. The first-order valence-corrected chi connectivity index (χ1v) is 14.6. The molecule has 2 aliphatic rings. The lowest BCUT2D eigenvalue weighted by Crippen LogP contribution is -2.58. The zero-order valence-corrected chi connectivity index (χ0v) is 24.6. The second-order valence-electron chi connectivity index (χ2n) is 9.96. The number of ether oxygens (including phenoxy) is 1. The monoisotopic (exact) mass is 627 g/mol. The van der Waals surface area contributed by atoms with Crippen molar-refractivity contribution < 1.29 is 50.6 Å². The molecule has 2 N–H and O–H groups in total. The number of carboxylic acids is 1. The number of benzene rings is 2. The molecule has 0 unspecified atom stereocenters. The van der Waals surface area contributed by atoms with Gasteiger partial charge in [0.2, 0.25) is 21.8 Å². The maximum atomic E-state index is 13.6. The Morgan fingerprint density at radius 1 is 1.02 bits per heavy atom. The van der Waals surface area contributed by atoms with Crippen LogP contribution in [0.2, 0.25) is 0 Å². The predicted octanol–water partition coefficient (Wildman–Crippen LogP) is 2.52. The molecule has 0 spiro atoms. The van der Waals surface area contributed by atoms with Crippen LogP contribution in [0.1, 0.15) is 20.3 Å². The van der Waals surface area contributed by atoms with Crippen LogP contribution >= 0.6 is 0 Å². The average Bonchev–Trinajstić information content (AvgIpc) is 3.44.